The van der Waals surface area contributed by atoms with Crippen molar-refractivity contribution in [2.24, 2.45) is 0 Å². The highest BCUT2D eigenvalue weighted by molar-refractivity contribution is 6.13. The zero-order valence-electron chi connectivity index (χ0n) is 34.1. The van der Waals surface area contributed by atoms with Crippen molar-refractivity contribution in [1.82, 2.24) is 0 Å². The Morgan fingerprint density at radius 2 is 0.857 bits per heavy atom. The third-order valence-electron chi connectivity index (χ3n) is 13.0. The summed E-state index contributed by atoms with van der Waals surface area (Å²) in [7, 11) is 0. The highest BCUT2D eigenvalue weighted by atomic mass is 15.1. The van der Waals surface area contributed by atoms with Gasteiger partial charge >= 0.3 is 0 Å². The molecule has 4 heteroatoms. The van der Waals surface area contributed by atoms with Crippen LogP contribution in [0, 0.1) is 22.7 Å². The van der Waals surface area contributed by atoms with E-state index in [1.165, 1.54) is 49.9 Å². The molecule has 4 nitrogen and oxygen atoms in total. The largest absolute Gasteiger partial charge is 0.310 e. The van der Waals surface area contributed by atoms with E-state index in [1.54, 1.807) is 0 Å². The molecule has 2 aliphatic carbocycles. The van der Waals surface area contributed by atoms with Crippen LogP contribution in [0.15, 0.2) is 218 Å². The number of hydrogen-bond donors (Lipinski definition) is 0. The molecular formula is C59H36N4. The standard InChI is InChI=1S/C59H36N4/c60-37-39-15-13-21-45(31-39)62(43-17-3-1-4-18-43)47-30-29-41-34-52-55(35-42(41)33-47)59(53-27-11-9-23-48(53)49-24-10-12-28-54(49)59)56-36-57(50-25-7-8-26-51(50)58(52)56)63(44-19-5-2-6-20-44)46-22-14-16-40(32-46)38-61/h1-36H. The Hall–Kier alpha value is -8.70. The Labute approximate surface area is 366 Å². The maximum absolute atomic E-state index is 10.1. The first kappa shape index (κ1) is 36.2. The SMILES string of the molecule is N#Cc1cccc(N(c2ccccc2)c2ccc3cc4c(cc3c2)C2(c3ccccc3-c3ccccc32)c2cc(N(c3ccccc3)c3cccc(C#N)c3)c3ccccc3c2-4)c1. The van der Waals surface area contributed by atoms with Crippen LogP contribution in [0.5, 0.6) is 0 Å². The molecule has 12 rings (SSSR count). The van der Waals surface area contributed by atoms with Crippen LogP contribution in [0.2, 0.25) is 0 Å². The molecule has 0 fully saturated rings. The Morgan fingerprint density at radius 3 is 1.49 bits per heavy atom. The van der Waals surface area contributed by atoms with Gasteiger partial charge in [-0.2, -0.15) is 10.5 Å². The van der Waals surface area contributed by atoms with Crippen LogP contribution < -0.4 is 9.80 Å². The smallest absolute Gasteiger partial charge is 0.0992 e. The van der Waals surface area contributed by atoms with Crippen molar-refractivity contribution in [2.75, 3.05) is 9.80 Å². The monoisotopic (exact) mass is 800 g/mol. The van der Waals surface area contributed by atoms with Gasteiger partial charge in [-0.3, -0.25) is 0 Å². The summed E-state index contributed by atoms with van der Waals surface area (Å²) in [5.41, 5.74) is 16.4. The minimum absolute atomic E-state index is 0.607. The molecule has 0 bridgehead atoms. The van der Waals surface area contributed by atoms with E-state index in [4.69, 9.17) is 0 Å². The fourth-order valence-corrected chi connectivity index (χ4v) is 10.5. The lowest BCUT2D eigenvalue weighted by atomic mass is 9.70. The number of hydrogen-bond acceptors (Lipinski definition) is 4. The highest BCUT2D eigenvalue weighted by Crippen LogP contribution is 2.65. The number of rotatable bonds is 6. The van der Waals surface area contributed by atoms with Crippen molar-refractivity contribution in [3.63, 3.8) is 0 Å². The molecule has 10 aromatic rings. The second kappa shape index (κ2) is 14.2. The van der Waals surface area contributed by atoms with E-state index < -0.39 is 5.41 Å². The number of nitriles is 2. The summed E-state index contributed by atoms with van der Waals surface area (Å²) in [6.07, 6.45) is 0. The third-order valence-corrected chi connectivity index (χ3v) is 13.0. The summed E-state index contributed by atoms with van der Waals surface area (Å²) < 4.78 is 0. The first-order valence-electron chi connectivity index (χ1n) is 21.2. The number of fused-ring (bicyclic) bond motifs is 13. The van der Waals surface area contributed by atoms with E-state index in [0.29, 0.717) is 11.1 Å². The minimum Gasteiger partial charge on any atom is -0.310 e. The Kier molecular flexibility index (Phi) is 8.16. The van der Waals surface area contributed by atoms with E-state index in [2.05, 4.69) is 192 Å². The van der Waals surface area contributed by atoms with E-state index in [1.807, 2.05) is 48.5 Å². The van der Waals surface area contributed by atoms with E-state index in [0.717, 1.165) is 50.3 Å². The maximum atomic E-state index is 10.1. The predicted molar refractivity (Wildman–Crippen MR) is 257 cm³/mol. The molecule has 0 amide bonds. The zero-order chi connectivity index (χ0) is 42.1. The first-order chi connectivity index (χ1) is 31.1. The molecule has 0 saturated heterocycles. The highest BCUT2D eigenvalue weighted by Gasteiger charge is 2.52. The lowest BCUT2D eigenvalue weighted by molar-refractivity contribution is 0.795. The Bertz CT molecular complexity index is 3510. The molecule has 0 saturated carbocycles. The molecular weight excluding hydrogens is 765 g/mol. The third kappa shape index (κ3) is 5.39. The quantitative estimate of drug-likeness (QED) is 0.168. The molecule has 1 spiro atoms. The summed E-state index contributed by atoms with van der Waals surface area (Å²) in [5, 5.41) is 24.6. The molecule has 0 atom stereocenters. The van der Waals surface area contributed by atoms with Gasteiger partial charge in [-0.05, 0) is 152 Å². The van der Waals surface area contributed by atoms with E-state index in [9.17, 15) is 10.5 Å². The van der Waals surface area contributed by atoms with Crippen molar-refractivity contribution in [1.29, 1.82) is 10.5 Å². The van der Waals surface area contributed by atoms with Gasteiger partial charge in [0.05, 0.1) is 34.4 Å². The lowest BCUT2D eigenvalue weighted by Crippen LogP contribution is -2.26. The fourth-order valence-electron chi connectivity index (χ4n) is 10.5. The Balaban J connectivity index is 1.18. The predicted octanol–water partition coefficient (Wildman–Crippen LogP) is 15.0. The fraction of sp³-hybridized carbons (Fsp3) is 0.0169. The van der Waals surface area contributed by atoms with Gasteiger partial charge in [0.1, 0.15) is 0 Å². The number of nitrogens with zero attached hydrogens (tertiary/aromatic N) is 4. The van der Waals surface area contributed by atoms with Gasteiger partial charge in [-0.15, -0.1) is 0 Å². The van der Waals surface area contributed by atoms with Crippen molar-refractivity contribution in [3.05, 3.63) is 252 Å². The zero-order valence-corrected chi connectivity index (χ0v) is 34.1. The molecule has 0 heterocycles. The van der Waals surface area contributed by atoms with Crippen molar-refractivity contribution in [3.8, 4) is 34.4 Å². The summed E-state index contributed by atoms with van der Waals surface area (Å²) in [6, 6.07) is 82.0. The first-order valence-corrected chi connectivity index (χ1v) is 21.2. The van der Waals surface area contributed by atoms with Crippen LogP contribution in [0.4, 0.5) is 34.1 Å². The molecule has 292 valence electrons. The average molecular weight is 801 g/mol. The normalized spacial score (nSPS) is 12.5. The second-order valence-electron chi connectivity index (χ2n) is 16.3. The van der Waals surface area contributed by atoms with Crippen molar-refractivity contribution >= 4 is 55.7 Å². The number of anilines is 6. The topological polar surface area (TPSA) is 54.1 Å². The summed E-state index contributed by atoms with van der Waals surface area (Å²) in [6.45, 7) is 0. The molecule has 0 unspecified atom stereocenters. The van der Waals surface area contributed by atoms with Crippen LogP contribution in [0.1, 0.15) is 33.4 Å². The van der Waals surface area contributed by atoms with Crippen molar-refractivity contribution in [2.45, 2.75) is 5.41 Å². The summed E-state index contributed by atoms with van der Waals surface area (Å²) >= 11 is 0. The van der Waals surface area contributed by atoms with Crippen LogP contribution in [-0.4, -0.2) is 0 Å². The van der Waals surface area contributed by atoms with Gasteiger partial charge in [0.2, 0.25) is 0 Å². The van der Waals surface area contributed by atoms with Crippen molar-refractivity contribution < 1.29 is 0 Å². The molecule has 2 aliphatic rings. The van der Waals surface area contributed by atoms with E-state index >= 15 is 0 Å². The van der Waals surface area contributed by atoms with Gasteiger partial charge in [0, 0.05) is 33.8 Å². The van der Waals surface area contributed by atoms with Gasteiger partial charge in [0.25, 0.3) is 0 Å². The van der Waals surface area contributed by atoms with Gasteiger partial charge in [-0.25, -0.2) is 0 Å². The van der Waals surface area contributed by atoms with Crippen LogP contribution in [0.25, 0.3) is 43.8 Å². The molecule has 0 radical (unpaired) electrons. The van der Waals surface area contributed by atoms with Gasteiger partial charge in [-0.1, -0.05) is 127 Å². The molecule has 0 aromatic heterocycles. The van der Waals surface area contributed by atoms with Crippen LogP contribution in [-0.2, 0) is 5.41 Å². The lowest BCUT2D eigenvalue weighted by Gasteiger charge is -2.33. The molecule has 63 heavy (non-hydrogen) atoms. The summed E-state index contributed by atoms with van der Waals surface area (Å²) in [5.74, 6) is 0. The molecule has 10 aromatic carbocycles. The summed E-state index contributed by atoms with van der Waals surface area (Å²) in [4.78, 5) is 4.55. The average Bonchev–Trinajstić information content (AvgIpc) is 3.81. The van der Waals surface area contributed by atoms with Gasteiger partial charge in [0.15, 0.2) is 0 Å². The van der Waals surface area contributed by atoms with E-state index in [-0.39, 0.29) is 0 Å². The maximum Gasteiger partial charge on any atom is 0.0992 e. The van der Waals surface area contributed by atoms with Crippen LogP contribution in [0.3, 0.4) is 0 Å². The molecule has 0 aliphatic heterocycles. The van der Waals surface area contributed by atoms with Gasteiger partial charge < -0.3 is 9.80 Å². The Morgan fingerprint density at radius 1 is 0.333 bits per heavy atom. The molecule has 0 N–H and O–H groups in total. The number of benzene rings is 10. The minimum atomic E-state index is -0.641. The van der Waals surface area contributed by atoms with Crippen LogP contribution >= 0.6 is 0 Å². The number of para-hydroxylation sites is 2. The second-order valence-corrected chi connectivity index (χ2v) is 16.3.